The number of phenols is 1. The van der Waals surface area contributed by atoms with E-state index in [4.69, 9.17) is 9.47 Å². The molecule has 1 aromatic carbocycles. The smallest absolute Gasteiger partial charge is 0.315 e. The summed E-state index contributed by atoms with van der Waals surface area (Å²) in [6.07, 6.45) is 0. The molecule has 0 saturated carbocycles. The van der Waals surface area contributed by atoms with Gasteiger partial charge in [0.05, 0.1) is 25.2 Å². The second kappa shape index (κ2) is 8.05. The summed E-state index contributed by atoms with van der Waals surface area (Å²) in [6, 6.07) is 3.50. The molecular weight excluding hydrogens is 400 g/mol. The van der Waals surface area contributed by atoms with E-state index in [9.17, 15) is 30.4 Å². The molecule has 2 aromatic rings. The second-order valence-electron chi connectivity index (χ2n) is 6.12. The van der Waals surface area contributed by atoms with E-state index in [2.05, 4.69) is 10.2 Å². The molecule has 3 rings (SSSR count). The van der Waals surface area contributed by atoms with E-state index in [1.807, 2.05) is 0 Å². The monoisotopic (exact) mass is 416 g/mol. The summed E-state index contributed by atoms with van der Waals surface area (Å²) in [5.74, 6) is -2.15. The summed E-state index contributed by atoms with van der Waals surface area (Å²) >= 11 is 0. The van der Waals surface area contributed by atoms with Crippen LogP contribution < -0.4 is 9.64 Å². The first-order valence-corrected chi connectivity index (χ1v) is 8.47. The Morgan fingerprint density at radius 1 is 1.47 bits per heavy atom. The lowest BCUT2D eigenvalue weighted by Gasteiger charge is -2.20. The van der Waals surface area contributed by atoms with Crippen molar-refractivity contribution in [2.24, 2.45) is 0 Å². The Morgan fingerprint density at radius 2 is 2.20 bits per heavy atom. The van der Waals surface area contributed by atoms with Crippen LogP contribution in [0.25, 0.3) is 5.76 Å². The molecule has 0 fully saturated rings. The molecule has 13 heteroatoms. The number of nitro benzene ring substituents is 1. The number of aromatic nitrogens is 3. The number of aliphatic hydroxyl groups excluding tert-OH is 1. The Hall–Kier alpha value is -4.18. The number of phenolic OH excluding ortho intramolecular Hbond substituents is 1. The number of aromatic hydroxyl groups is 1. The van der Waals surface area contributed by atoms with E-state index >= 15 is 0 Å². The van der Waals surface area contributed by atoms with E-state index < -0.39 is 33.6 Å². The third-order valence-electron chi connectivity index (χ3n) is 4.41. The Bertz CT molecular complexity index is 1100. The van der Waals surface area contributed by atoms with Crippen molar-refractivity contribution < 1.29 is 29.4 Å². The minimum Gasteiger partial charge on any atom is -0.506 e. The second-order valence-corrected chi connectivity index (χ2v) is 6.12. The van der Waals surface area contributed by atoms with Crippen LogP contribution >= 0.6 is 0 Å². The lowest BCUT2D eigenvalue weighted by Crippen LogP contribution is -2.32. The molecule has 1 aromatic heterocycles. The molecule has 2 heterocycles. The van der Waals surface area contributed by atoms with Crippen LogP contribution in [-0.4, -0.2) is 56.6 Å². The maximum atomic E-state index is 12.9. The normalized spacial score (nSPS) is 13.6. The predicted molar refractivity (Wildman–Crippen MR) is 99.6 cm³/mol. The number of rotatable bonds is 5. The van der Waals surface area contributed by atoms with Gasteiger partial charge in [-0.05, 0) is 6.07 Å². The zero-order chi connectivity index (χ0) is 22.0. The molecule has 1 aliphatic rings. The summed E-state index contributed by atoms with van der Waals surface area (Å²) < 4.78 is 11.8. The molecule has 30 heavy (non-hydrogen) atoms. The molecule has 0 unspecified atom stereocenters. The van der Waals surface area contributed by atoms with Crippen molar-refractivity contribution >= 4 is 23.3 Å². The van der Waals surface area contributed by atoms with Gasteiger partial charge in [0.1, 0.15) is 18.4 Å². The number of ether oxygens (including phenoxy) is 2. The van der Waals surface area contributed by atoms with E-state index in [0.29, 0.717) is 19.0 Å². The summed E-state index contributed by atoms with van der Waals surface area (Å²) in [5.41, 5.74) is -1.71. The molecule has 0 spiro atoms. The van der Waals surface area contributed by atoms with Crippen molar-refractivity contribution in [1.82, 2.24) is 14.8 Å². The van der Waals surface area contributed by atoms with Gasteiger partial charge in [0.25, 0.3) is 5.91 Å². The molecule has 1 aliphatic heterocycles. The minimum absolute atomic E-state index is 0.146. The number of nitrogens with zero attached hydrogens (tertiary/aromatic N) is 6. The summed E-state index contributed by atoms with van der Waals surface area (Å²) in [6.45, 7) is 1.01. The number of methoxy groups -OCH3 is 1. The highest BCUT2D eigenvalue weighted by molar-refractivity contribution is 6.11. The summed E-state index contributed by atoms with van der Waals surface area (Å²) in [5, 5.41) is 48.9. The molecule has 1 amide bonds. The van der Waals surface area contributed by atoms with Gasteiger partial charge in [-0.3, -0.25) is 24.4 Å². The molecule has 156 valence electrons. The molecule has 0 saturated heterocycles. The van der Waals surface area contributed by atoms with E-state index in [0.717, 1.165) is 24.1 Å². The van der Waals surface area contributed by atoms with E-state index in [1.165, 1.54) is 7.05 Å². The predicted octanol–water partition coefficient (Wildman–Crippen LogP) is 0.886. The maximum Gasteiger partial charge on any atom is 0.315 e. The zero-order valence-corrected chi connectivity index (χ0v) is 15.9. The van der Waals surface area contributed by atoms with Gasteiger partial charge in [0.2, 0.25) is 11.7 Å². The van der Waals surface area contributed by atoms with Crippen LogP contribution in [0, 0.1) is 21.4 Å². The van der Waals surface area contributed by atoms with Crippen LogP contribution in [0.4, 0.5) is 11.6 Å². The average Bonchev–Trinajstić information content (AvgIpc) is 3.17. The minimum atomic E-state index is -0.911. The lowest BCUT2D eigenvalue weighted by molar-refractivity contribution is -0.386. The van der Waals surface area contributed by atoms with Crippen LogP contribution in [0.1, 0.15) is 11.4 Å². The maximum absolute atomic E-state index is 12.9. The number of nitro groups is 1. The van der Waals surface area contributed by atoms with Gasteiger partial charge >= 0.3 is 5.69 Å². The number of amides is 1. The third kappa shape index (κ3) is 3.47. The fourth-order valence-electron chi connectivity index (χ4n) is 2.86. The van der Waals surface area contributed by atoms with Gasteiger partial charge in [-0.2, -0.15) is 5.26 Å². The number of nitriles is 1. The Kier molecular flexibility index (Phi) is 5.52. The molecule has 0 radical (unpaired) electrons. The van der Waals surface area contributed by atoms with Gasteiger partial charge in [-0.25, -0.2) is 0 Å². The number of likely N-dealkylation sites (N-methyl/N-ethyl adjacent to an activating group) is 1. The van der Waals surface area contributed by atoms with Crippen LogP contribution in [0.5, 0.6) is 11.5 Å². The number of fused-ring (bicyclic) bond motifs is 1. The topological polar surface area (TPSA) is 177 Å². The van der Waals surface area contributed by atoms with Crippen molar-refractivity contribution in [2.45, 2.75) is 13.2 Å². The number of hydrogen-bond acceptors (Lipinski definition) is 10. The number of benzene rings is 1. The molecule has 0 atom stereocenters. The Labute approximate surface area is 169 Å². The highest BCUT2D eigenvalue weighted by atomic mass is 16.6. The van der Waals surface area contributed by atoms with Crippen molar-refractivity contribution in [3.8, 4) is 17.6 Å². The molecule has 13 nitrogen and oxygen atoms in total. The molecule has 0 bridgehead atoms. The SMILES string of the molecule is COc1cc(/C(O)=C(\C#N)C(=O)N(C)c2nnc3n2CCOC3)cc([N+](=O)[O-])c1O. The van der Waals surface area contributed by atoms with Crippen molar-refractivity contribution in [1.29, 1.82) is 5.26 Å². The van der Waals surface area contributed by atoms with Gasteiger partial charge in [-0.15, -0.1) is 10.2 Å². The summed E-state index contributed by atoms with van der Waals surface area (Å²) in [4.78, 5) is 24.2. The molecular formula is C17H16N6O7. The number of carbonyl (C=O) groups excluding carboxylic acids is 1. The number of aliphatic hydroxyl groups is 1. The van der Waals surface area contributed by atoms with Gasteiger partial charge < -0.3 is 19.7 Å². The first kappa shape index (κ1) is 20.6. The lowest BCUT2D eigenvalue weighted by atomic mass is 10.1. The largest absolute Gasteiger partial charge is 0.506 e. The zero-order valence-electron chi connectivity index (χ0n) is 15.9. The van der Waals surface area contributed by atoms with E-state index in [1.54, 1.807) is 10.6 Å². The quantitative estimate of drug-likeness (QED) is 0.234. The van der Waals surface area contributed by atoms with Gasteiger partial charge in [0.15, 0.2) is 17.1 Å². The highest BCUT2D eigenvalue weighted by Gasteiger charge is 2.29. The molecule has 0 aliphatic carbocycles. The van der Waals surface area contributed by atoms with Crippen LogP contribution in [0.2, 0.25) is 0 Å². The Morgan fingerprint density at radius 3 is 2.83 bits per heavy atom. The van der Waals surface area contributed by atoms with Crippen LogP contribution in [-0.2, 0) is 22.7 Å². The number of hydrogen-bond donors (Lipinski definition) is 2. The Balaban J connectivity index is 2.05. The number of carbonyl (C=O) groups is 1. The van der Waals surface area contributed by atoms with Crippen LogP contribution in [0.15, 0.2) is 17.7 Å². The van der Waals surface area contributed by atoms with Gasteiger partial charge in [-0.1, -0.05) is 0 Å². The average molecular weight is 416 g/mol. The van der Waals surface area contributed by atoms with E-state index in [-0.39, 0.29) is 23.9 Å². The van der Waals surface area contributed by atoms with Crippen molar-refractivity contribution in [2.75, 3.05) is 25.7 Å². The summed E-state index contributed by atoms with van der Waals surface area (Å²) in [7, 11) is 2.51. The highest BCUT2D eigenvalue weighted by Crippen LogP contribution is 2.38. The number of anilines is 1. The fourth-order valence-corrected chi connectivity index (χ4v) is 2.86. The van der Waals surface area contributed by atoms with Crippen molar-refractivity contribution in [3.63, 3.8) is 0 Å². The third-order valence-corrected chi connectivity index (χ3v) is 4.41. The first-order valence-electron chi connectivity index (χ1n) is 8.47. The van der Waals surface area contributed by atoms with Gasteiger partial charge in [0, 0.05) is 18.7 Å². The first-order chi connectivity index (χ1) is 14.3. The molecule has 2 N–H and O–H groups in total. The fraction of sp³-hybridized carbons (Fsp3) is 0.294. The van der Waals surface area contributed by atoms with Crippen LogP contribution in [0.3, 0.4) is 0 Å². The van der Waals surface area contributed by atoms with Crippen molar-refractivity contribution in [3.05, 3.63) is 39.2 Å². The standard InChI is InChI=1S/C17H16N6O7/c1-21(17-20-19-13-8-30-4-3-22(13)17)16(26)10(7-18)14(24)9-5-11(23(27)28)15(25)12(6-9)29-2/h5-6,24-25H,3-4,8H2,1-2H3/b14-10-.